The van der Waals surface area contributed by atoms with Gasteiger partial charge in [0.2, 0.25) is 0 Å². The molecule has 15 heteroatoms. The first kappa shape index (κ1) is 21.1. The number of hydrogen-bond acceptors (Lipinski definition) is 12. The summed E-state index contributed by atoms with van der Waals surface area (Å²) < 4.78 is 17.6. The Morgan fingerprint density at radius 3 is 1.03 bits per heavy atom. The monoisotopic (exact) mass is 477 g/mol. The molecule has 0 N–H and O–H groups in total. The van der Waals surface area contributed by atoms with E-state index in [4.69, 9.17) is 14.2 Å². The maximum atomic E-state index is 12.9. The minimum Gasteiger partial charge on any atom is -0.451 e. The van der Waals surface area contributed by atoms with Crippen molar-refractivity contribution in [2.45, 2.75) is 37.9 Å². The van der Waals surface area contributed by atoms with E-state index in [1.807, 2.05) is 0 Å². The zero-order valence-electron chi connectivity index (χ0n) is 15.2. The first-order valence-electron chi connectivity index (χ1n) is 8.76. The van der Waals surface area contributed by atoms with Gasteiger partial charge >= 0.3 is 33.0 Å². The second-order valence-electron chi connectivity index (χ2n) is 6.58. The summed E-state index contributed by atoms with van der Waals surface area (Å²) in [5.41, 5.74) is -2.67. The average molecular weight is 477 g/mol. The molecule has 1 aromatic heterocycles. The molecule has 162 valence electrons. The predicted molar refractivity (Wildman–Crippen MR) is 107 cm³/mol. The standard InChI is InChI=1S/C15H15N3O9S3/c19-10-16(1-7-4-28-13(22)25-7)11(20)18(3-9-6-30-15(24)27-9)12(21)17(10)2-8-5-29-14(23)26-8/h7-9H,1-6H2. The summed E-state index contributed by atoms with van der Waals surface area (Å²) in [6, 6.07) is 0. The average Bonchev–Trinajstić information content (AvgIpc) is 3.42. The third kappa shape index (κ3) is 4.32. The number of ether oxygens (including phenoxy) is 3. The van der Waals surface area contributed by atoms with Crippen LogP contribution in [0, 0.1) is 0 Å². The smallest absolute Gasteiger partial charge is 0.367 e. The third-order valence-corrected chi connectivity index (χ3v) is 7.11. The molecule has 4 rings (SSSR count). The SMILES string of the molecule is O=C1OC(Cn2c(=O)n(CC3CSC(=O)O3)c(=O)n(CC3CSC(=O)O3)c2=O)CS1. The highest BCUT2D eigenvalue weighted by molar-refractivity contribution is 8.14. The zero-order valence-corrected chi connectivity index (χ0v) is 17.7. The minimum atomic E-state index is -0.889. The summed E-state index contributed by atoms with van der Waals surface area (Å²) in [6.45, 7) is -0.681. The molecule has 3 fully saturated rings. The van der Waals surface area contributed by atoms with Crippen LogP contribution in [0.5, 0.6) is 0 Å². The van der Waals surface area contributed by atoms with Gasteiger partial charge in [-0.05, 0) is 35.3 Å². The lowest BCUT2D eigenvalue weighted by Gasteiger charge is -2.18. The molecule has 0 saturated carbocycles. The van der Waals surface area contributed by atoms with Crippen molar-refractivity contribution < 1.29 is 28.6 Å². The molecule has 3 saturated heterocycles. The maximum absolute atomic E-state index is 12.9. The van der Waals surface area contributed by atoms with Gasteiger partial charge in [-0.2, -0.15) is 0 Å². The number of carbonyl (C=O) groups excluding carboxylic acids is 3. The maximum Gasteiger partial charge on any atom is 0.367 e. The lowest BCUT2D eigenvalue weighted by molar-refractivity contribution is 0.120. The second-order valence-corrected chi connectivity index (χ2v) is 9.45. The Morgan fingerprint density at radius 2 is 0.833 bits per heavy atom. The molecule has 0 spiro atoms. The number of thioether (sulfide) groups is 3. The highest BCUT2D eigenvalue weighted by Gasteiger charge is 2.31. The molecule has 30 heavy (non-hydrogen) atoms. The molecule has 0 bridgehead atoms. The summed E-state index contributed by atoms with van der Waals surface area (Å²) in [4.78, 5) is 72.8. The van der Waals surface area contributed by atoms with Gasteiger partial charge in [0.1, 0.15) is 18.3 Å². The second kappa shape index (κ2) is 8.55. The van der Waals surface area contributed by atoms with Gasteiger partial charge in [0.25, 0.3) is 0 Å². The fraction of sp³-hybridized carbons (Fsp3) is 0.600. The Morgan fingerprint density at radius 1 is 0.567 bits per heavy atom. The van der Waals surface area contributed by atoms with Crippen molar-refractivity contribution in [2.75, 3.05) is 17.3 Å². The zero-order chi connectivity index (χ0) is 21.4. The summed E-state index contributed by atoms with van der Waals surface area (Å²) in [5, 5.41) is -1.52. The molecule has 3 aliphatic heterocycles. The summed E-state index contributed by atoms with van der Waals surface area (Å²) >= 11 is 2.78. The van der Waals surface area contributed by atoms with Crippen LogP contribution in [0.2, 0.25) is 0 Å². The fourth-order valence-corrected chi connectivity index (χ4v) is 5.23. The third-order valence-electron chi connectivity index (χ3n) is 4.49. The highest BCUT2D eigenvalue weighted by Crippen LogP contribution is 2.22. The van der Waals surface area contributed by atoms with Crippen LogP contribution in [0.1, 0.15) is 0 Å². The largest absolute Gasteiger partial charge is 0.451 e. The van der Waals surface area contributed by atoms with Gasteiger partial charge in [0.15, 0.2) is 0 Å². The summed E-state index contributed by atoms with van der Waals surface area (Å²) in [7, 11) is 0. The van der Waals surface area contributed by atoms with Crippen molar-refractivity contribution in [2.24, 2.45) is 0 Å². The van der Waals surface area contributed by atoms with Crippen LogP contribution in [0.25, 0.3) is 0 Å². The first-order valence-corrected chi connectivity index (χ1v) is 11.7. The summed E-state index contributed by atoms with van der Waals surface area (Å²) in [6.07, 6.45) is -2.11. The molecule has 0 aliphatic carbocycles. The van der Waals surface area contributed by atoms with Crippen molar-refractivity contribution in [1.29, 1.82) is 0 Å². The number of hydrogen-bond donors (Lipinski definition) is 0. The summed E-state index contributed by atoms with van der Waals surface area (Å²) in [5.74, 6) is 0.785. The molecule has 0 aromatic carbocycles. The molecule has 3 unspecified atom stereocenters. The van der Waals surface area contributed by atoms with Crippen LogP contribution in [0.4, 0.5) is 14.4 Å². The van der Waals surface area contributed by atoms with Gasteiger partial charge in [0.05, 0.1) is 19.6 Å². The van der Waals surface area contributed by atoms with Crippen molar-refractivity contribution >= 4 is 51.2 Å². The van der Waals surface area contributed by atoms with Crippen molar-refractivity contribution in [3.8, 4) is 0 Å². The number of aromatic nitrogens is 3. The molecular weight excluding hydrogens is 462 g/mol. The van der Waals surface area contributed by atoms with E-state index in [1.54, 1.807) is 0 Å². The van der Waals surface area contributed by atoms with E-state index >= 15 is 0 Å². The van der Waals surface area contributed by atoms with Gasteiger partial charge in [-0.3, -0.25) is 0 Å². The quantitative estimate of drug-likeness (QED) is 0.399. The van der Waals surface area contributed by atoms with E-state index in [9.17, 15) is 28.8 Å². The van der Waals surface area contributed by atoms with E-state index < -0.39 is 51.3 Å². The fourth-order valence-electron chi connectivity index (χ4n) is 3.13. The van der Waals surface area contributed by atoms with Crippen LogP contribution in [0.15, 0.2) is 14.4 Å². The minimum absolute atomic E-state index is 0.227. The van der Waals surface area contributed by atoms with E-state index in [0.29, 0.717) is 0 Å². The molecule has 0 amide bonds. The number of carbonyl (C=O) groups is 3. The number of nitrogens with zero attached hydrogens (tertiary/aromatic N) is 3. The Bertz CT molecular complexity index is 914. The Balaban J connectivity index is 1.71. The van der Waals surface area contributed by atoms with Crippen LogP contribution in [0.3, 0.4) is 0 Å². The van der Waals surface area contributed by atoms with E-state index in [0.717, 1.165) is 49.0 Å². The van der Waals surface area contributed by atoms with E-state index in [1.165, 1.54) is 0 Å². The lowest BCUT2D eigenvalue weighted by Crippen LogP contribution is -2.57. The number of rotatable bonds is 6. The van der Waals surface area contributed by atoms with Gasteiger partial charge in [-0.1, -0.05) is 0 Å². The Kier molecular flexibility index (Phi) is 6.02. The first-order chi connectivity index (χ1) is 14.3. The normalized spacial score (nSPS) is 26.0. The van der Waals surface area contributed by atoms with Crippen LogP contribution in [-0.4, -0.2) is 65.2 Å². The van der Waals surface area contributed by atoms with Gasteiger partial charge < -0.3 is 14.2 Å². The lowest BCUT2D eigenvalue weighted by atomic mass is 10.3. The Hall–Kier alpha value is -2.13. The van der Waals surface area contributed by atoms with Gasteiger partial charge in [-0.15, -0.1) is 0 Å². The van der Waals surface area contributed by atoms with Crippen LogP contribution >= 0.6 is 35.3 Å². The molecule has 3 aliphatic rings. The molecule has 12 nitrogen and oxygen atoms in total. The molecule has 1 aromatic rings. The molecule has 3 atom stereocenters. The predicted octanol–water partition coefficient (Wildman–Crippen LogP) is -0.0723. The van der Waals surface area contributed by atoms with E-state index in [-0.39, 0.29) is 36.9 Å². The highest BCUT2D eigenvalue weighted by atomic mass is 32.2. The molecule has 4 heterocycles. The van der Waals surface area contributed by atoms with Gasteiger partial charge in [-0.25, -0.2) is 42.5 Å². The van der Waals surface area contributed by atoms with Crippen molar-refractivity contribution in [3.63, 3.8) is 0 Å². The Labute approximate surface area is 180 Å². The molecule has 0 radical (unpaired) electrons. The van der Waals surface area contributed by atoms with Crippen molar-refractivity contribution in [1.82, 2.24) is 13.7 Å². The molecular formula is C15H15N3O9S3. The van der Waals surface area contributed by atoms with Crippen LogP contribution < -0.4 is 17.1 Å². The topological polar surface area (TPSA) is 145 Å². The van der Waals surface area contributed by atoms with Gasteiger partial charge in [0, 0.05) is 17.3 Å². The number of cyclic esters (lactones) is 3. The van der Waals surface area contributed by atoms with Crippen molar-refractivity contribution in [3.05, 3.63) is 31.5 Å². The van der Waals surface area contributed by atoms with E-state index in [2.05, 4.69) is 0 Å². The van der Waals surface area contributed by atoms with Crippen LogP contribution in [-0.2, 0) is 33.8 Å².